The van der Waals surface area contributed by atoms with Crippen molar-refractivity contribution in [3.8, 4) is 0 Å². The molecule has 2 rings (SSSR count). The van der Waals surface area contributed by atoms with Crippen LogP contribution in [0.2, 0.25) is 0 Å². The van der Waals surface area contributed by atoms with Gasteiger partial charge in [-0.3, -0.25) is 0 Å². The van der Waals surface area contributed by atoms with Crippen molar-refractivity contribution < 1.29 is 0 Å². The minimum Gasteiger partial charge on any atom is -0.399 e. The Hall–Kier alpha value is -1.55. The third kappa shape index (κ3) is 2.33. The Morgan fingerprint density at radius 2 is 2.19 bits per heavy atom. The highest BCUT2D eigenvalue weighted by atomic mass is 32.1. The summed E-state index contributed by atoms with van der Waals surface area (Å²) < 4.78 is 0. The number of benzene rings is 1. The number of rotatable bonds is 3. The van der Waals surface area contributed by atoms with Crippen LogP contribution in [0.5, 0.6) is 0 Å². The number of anilines is 2. The van der Waals surface area contributed by atoms with E-state index in [2.05, 4.69) is 24.1 Å². The first kappa shape index (κ1) is 11.0. The Kier molecular flexibility index (Phi) is 2.83. The molecule has 3 nitrogen and oxygen atoms in total. The lowest BCUT2D eigenvalue weighted by atomic mass is 10.1. The first-order valence-electron chi connectivity index (χ1n) is 5.12. The Labute approximate surface area is 99.3 Å². The maximum Gasteiger partial charge on any atom is 0.117 e. The second-order valence-electron chi connectivity index (χ2n) is 4.21. The summed E-state index contributed by atoms with van der Waals surface area (Å²) in [5.74, 6) is 0. The fraction of sp³-hybridized carbons (Fsp3) is 0.250. The summed E-state index contributed by atoms with van der Waals surface area (Å²) in [6.45, 7) is 4.21. The average molecular weight is 233 g/mol. The minimum absolute atomic E-state index is 0.179. The van der Waals surface area contributed by atoms with Gasteiger partial charge in [-0.05, 0) is 32.0 Å². The van der Waals surface area contributed by atoms with Crippen molar-refractivity contribution in [2.45, 2.75) is 19.4 Å². The van der Waals surface area contributed by atoms with Gasteiger partial charge in [0.15, 0.2) is 0 Å². The van der Waals surface area contributed by atoms with Crippen LogP contribution in [0, 0.1) is 0 Å². The molecule has 16 heavy (non-hydrogen) atoms. The van der Waals surface area contributed by atoms with E-state index in [0.29, 0.717) is 0 Å². The Balaban J connectivity index is 2.21. The first-order valence-corrected chi connectivity index (χ1v) is 5.99. The van der Waals surface area contributed by atoms with Gasteiger partial charge in [0.2, 0.25) is 0 Å². The number of hydrogen-bond acceptors (Lipinski definition) is 4. The highest BCUT2D eigenvalue weighted by molar-refractivity contribution is 7.09. The molecule has 3 N–H and O–H groups in total. The zero-order chi connectivity index (χ0) is 11.6. The molecule has 4 heteroatoms. The average Bonchev–Trinajstić information content (AvgIpc) is 2.69. The quantitative estimate of drug-likeness (QED) is 0.801. The highest BCUT2D eigenvalue weighted by Crippen LogP contribution is 2.27. The molecule has 0 amide bonds. The van der Waals surface area contributed by atoms with Gasteiger partial charge in [0.05, 0.1) is 5.54 Å². The Bertz CT molecular complexity index is 463. The van der Waals surface area contributed by atoms with Crippen molar-refractivity contribution in [2.24, 2.45) is 0 Å². The van der Waals surface area contributed by atoms with Gasteiger partial charge in [0, 0.05) is 23.0 Å². The second-order valence-corrected chi connectivity index (χ2v) is 5.11. The van der Waals surface area contributed by atoms with Gasteiger partial charge in [0.1, 0.15) is 5.01 Å². The lowest BCUT2D eigenvalue weighted by molar-refractivity contribution is 0.604. The maximum absolute atomic E-state index is 5.74. The first-order chi connectivity index (χ1) is 7.58. The van der Waals surface area contributed by atoms with Crippen LogP contribution in [-0.4, -0.2) is 4.98 Å². The summed E-state index contributed by atoms with van der Waals surface area (Å²) in [5.41, 5.74) is 7.34. The van der Waals surface area contributed by atoms with Crippen LogP contribution in [0.3, 0.4) is 0 Å². The molecule has 0 aliphatic heterocycles. The van der Waals surface area contributed by atoms with Gasteiger partial charge < -0.3 is 11.1 Å². The van der Waals surface area contributed by atoms with E-state index in [4.69, 9.17) is 5.73 Å². The molecule has 1 aromatic carbocycles. The van der Waals surface area contributed by atoms with Crippen molar-refractivity contribution in [3.05, 3.63) is 40.8 Å². The van der Waals surface area contributed by atoms with Crippen molar-refractivity contribution in [3.63, 3.8) is 0 Å². The smallest absolute Gasteiger partial charge is 0.117 e. The molecule has 0 aliphatic rings. The van der Waals surface area contributed by atoms with Crippen LogP contribution in [-0.2, 0) is 5.54 Å². The lowest BCUT2D eigenvalue weighted by Crippen LogP contribution is -2.27. The van der Waals surface area contributed by atoms with Crippen molar-refractivity contribution in [2.75, 3.05) is 11.1 Å². The summed E-state index contributed by atoms with van der Waals surface area (Å²) in [4.78, 5) is 4.33. The fourth-order valence-electron chi connectivity index (χ4n) is 1.56. The zero-order valence-corrected chi connectivity index (χ0v) is 10.2. The number of nitrogens with one attached hydrogen (secondary N) is 1. The second kappa shape index (κ2) is 4.14. The number of nitrogens with zero attached hydrogens (tertiary/aromatic N) is 1. The third-order valence-corrected chi connectivity index (χ3v) is 3.41. The van der Waals surface area contributed by atoms with E-state index in [1.54, 1.807) is 11.3 Å². The Morgan fingerprint density at radius 1 is 1.38 bits per heavy atom. The highest BCUT2D eigenvalue weighted by Gasteiger charge is 2.22. The molecule has 0 radical (unpaired) electrons. The normalized spacial score (nSPS) is 11.4. The topological polar surface area (TPSA) is 50.9 Å². The molecule has 2 aromatic rings. The van der Waals surface area contributed by atoms with Crippen LogP contribution < -0.4 is 11.1 Å². The summed E-state index contributed by atoms with van der Waals surface area (Å²) in [5, 5.41) is 6.48. The molecule has 0 unspecified atom stereocenters. The van der Waals surface area contributed by atoms with Crippen LogP contribution in [0.1, 0.15) is 18.9 Å². The summed E-state index contributed by atoms with van der Waals surface area (Å²) in [6.07, 6.45) is 1.82. The maximum atomic E-state index is 5.74. The predicted octanol–water partition coefficient (Wildman–Crippen LogP) is 3.07. The van der Waals surface area contributed by atoms with Crippen LogP contribution in [0.25, 0.3) is 0 Å². The summed E-state index contributed by atoms with van der Waals surface area (Å²) >= 11 is 1.65. The lowest BCUT2D eigenvalue weighted by Gasteiger charge is -2.25. The van der Waals surface area contributed by atoms with E-state index in [1.165, 1.54) is 0 Å². The summed E-state index contributed by atoms with van der Waals surface area (Å²) in [7, 11) is 0. The van der Waals surface area contributed by atoms with Gasteiger partial charge >= 0.3 is 0 Å². The van der Waals surface area contributed by atoms with Crippen molar-refractivity contribution in [1.82, 2.24) is 4.98 Å². The largest absolute Gasteiger partial charge is 0.399 e. The van der Waals surface area contributed by atoms with E-state index in [9.17, 15) is 0 Å². The van der Waals surface area contributed by atoms with Crippen LogP contribution in [0.4, 0.5) is 11.4 Å². The van der Waals surface area contributed by atoms with Gasteiger partial charge in [-0.15, -0.1) is 11.3 Å². The van der Waals surface area contributed by atoms with E-state index in [-0.39, 0.29) is 5.54 Å². The molecule has 0 atom stereocenters. The molecule has 1 aromatic heterocycles. The SMILES string of the molecule is CC(C)(Nc1cccc(N)c1)c1nccs1. The number of nitrogen functional groups attached to an aromatic ring is 1. The zero-order valence-electron chi connectivity index (χ0n) is 9.40. The van der Waals surface area contributed by atoms with Gasteiger partial charge in [-0.25, -0.2) is 4.98 Å². The molecule has 0 aliphatic carbocycles. The standard InChI is InChI=1S/C12H15N3S/c1-12(2,11-14-6-7-16-11)15-10-5-3-4-9(13)8-10/h3-8,15H,13H2,1-2H3. The molecule has 0 bridgehead atoms. The number of aromatic nitrogens is 1. The van der Waals surface area contributed by atoms with Gasteiger partial charge in [-0.2, -0.15) is 0 Å². The third-order valence-electron chi connectivity index (χ3n) is 2.31. The fourth-order valence-corrected chi connectivity index (χ4v) is 2.28. The predicted molar refractivity (Wildman–Crippen MR) is 69.6 cm³/mol. The van der Waals surface area contributed by atoms with E-state index in [0.717, 1.165) is 16.4 Å². The van der Waals surface area contributed by atoms with Crippen molar-refractivity contribution >= 4 is 22.7 Å². The molecule has 0 saturated carbocycles. The molecule has 1 heterocycles. The summed E-state index contributed by atoms with van der Waals surface area (Å²) in [6, 6.07) is 7.75. The van der Waals surface area contributed by atoms with Crippen molar-refractivity contribution in [1.29, 1.82) is 0 Å². The molecular formula is C12H15N3S. The molecule has 84 valence electrons. The van der Waals surface area contributed by atoms with E-state index >= 15 is 0 Å². The number of nitrogens with two attached hydrogens (primary N) is 1. The molecule has 0 saturated heterocycles. The number of thiazole rings is 1. The van der Waals surface area contributed by atoms with Gasteiger partial charge in [0.25, 0.3) is 0 Å². The monoisotopic (exact) mass is 233 g/mol. The number of hydrogen-bond donors (Lipinski definition) is 2. The molecule has 0 fully saturated rings. The van der Waals surface area contributed by atoms with E-state index in [1.807, 2.05) is 35.8 Å². The van der Waals surface area contributed by atoms with E-state index < -0.39 is 0 Å². The minimum atomic E-state index is -0.179. The van der Waals surface area contributed by atoms with Crippen LogP contribution in [0.15, 0.2) is 35.8 Å². The molecule has 0 spiro atoms. The van der Waals surface area contributed by atoms with Crippen LogP contribution >= 0.6 is 11.3 Å². The van der Waals surface area contributed by atoms with Gasteiger partial charge in [-0.1, -0.05) is 6.07 Å². The molecular weight excluding hydrogens is 218 g/mol. The Morgan fingerprint density at radius 3 is 2.81 bits per heavy atom.